The lowest BCUT2D eigenvalue weighted by molar-refractivity contribution is -0.594. The molecule has 29 heavy (non-hydrogen) atoms. The molecule has 0 spiro atoms. The molecular formula is C19H23N6O4+. The molecule has 0 fully saturated rings. The highest BCUT2D eigenvalue weighted by atomic mass is 16.6. The maximum Gasteiger partial charge on any atom is 0.408 e. The highest BCUT2D eigenvalue weighted by Gasteiger charge is 2.24. The lowest BCUT2D eigenvalue weighted by atomic mass is 10.2. The first kappa shape index (κ1) is 20.1. The molecule has 0 saturated carbocycles. The van der Waals surface area contributed by atoms with E-state index >= 15 is 0 Å². The molecule has 0 radical (unpaired) electrons. The predicted molar refractivity (Wildman–Crippen MR) is 102 cm³/mol. The Kier molecular flexibility index (Phi) is 5.68. The van der Waals surface area contributed by atoms with Gasteiger partial charge in [0, 0.05) is 6.42 Å². The zero-order valence-electron chi connectivity index (χ0n) is 16.7. The molecular weight excluding hydrogens is 376 g/mol. The molecule has 3 heterocycles. The van der Waals surface area contributed by atoms with E-state index in [1.54, 1.807) is 61.6 Å². The number of hydrogen-bond donors (Lipinski definition) is 2. The van der Waals surface area contributed by atoms with Crippen LogP contribution in [0.4, 0.5) is 4.79 Å². The minimum atomic E-state index is -0.927. The Labute approximate surface area is 167 Å². The Morgan fingerprint density at radius 3 is 2.83 bits per heavy atom. The zero-order valence-corrected chi connectivity index (χ0v) is 16.7. The normalized spacial score (nSPS) is 12.3. The molecule has 0 aliphatic carbocycles. The Morgan fingerprint density at radius 2 is 2.10 bits per heavy atom. The van der Waals surface area contributed by atoms with Crippen molar-refractivity contribution in [3.63, 3.8) is 0 Å². The topological polar surface area (TPSA) is 115 Å². The summed E-state index contributed by atoms with van der Waals surface area (Å²) in [4.78, 5) is 32.6. The van der Waals surface area contributed by atoms with E-state index in [-0.39, 0.29) is 13.0 Å². The number of ether oxygens (including phenoxy) is 2. The number of aromatic nitrogens is 5. The molecule has 3 aromatic heterocycles. The number of hydrogen-bond acceptors (Lipinski definition) is 6. The van der Waals surface area contributed by atoms with E-state index in [1.807, 2.05) is 0 Å². The van der Waals surface area contributed by atoms with E-state index in [0.29, 0.717) is 16.9 Å². The molecule has 1 atom stereocenters. The van der Waals surface area contributed by atoms with Gasteiger partial charge in [0.05, 0.1) is 24.6 Å². The molecule has 10 nitrogen and oxygen atoms in total. The van der Waals surface area contributed by atoms with Crippen molar-refractivity contribution in [2.45, 2.75) is 45.8 Å². The third-order valence-corrected chi connectivity index (χ3v) is 3.67. The van der Waals surface area contributed by atoms with Gasteiger partial charge in [-0.2, -0.15) is 5.10 Å². The molecule has 1 unspecified atom stereocenters. The average molecular weight is 399 g/mol. The standard InChI is InChI=1S/C19H22N6O4/c1-5-28-17(26)14(22-18(27)29-19(2,3)4)8-6-7-13-11-24-16-15(20-9-10-21-16)23-25(24)12-13/h9-12,14H,5,8H2,1-4H3,(H-,20,22,23,27)/p+1. The van der Waals surface area contributed by atoms with Crippen LogP contribution in [0.2, 0.25) is 0 Å². The molecule has 3 rings (SSSR count). The number of carbonyl (C=O) groups excluding carboxylic acids is 2. The van der Waals surface area contributed by atoms with Gasteiger partial charge in [0.25, 0.3) is 5.65 Å². The molecule has 152 valence electrons. The fourth-order valence-electron chi connectivity index (χ4n) is 2.56. The van der Waals surface area contributed by atoms with E-state index < -0.39 is 23.7 Å². The van der Waals surface area contributed by atoms with Crippen LogP contribution < -0.4 is 9.83 Å². The number of H-pyrrole nitrogens is 1. The second-order valence-electron chi connectivity index (χ2n) is 7.20. The van der Waals surface area contributed by atoms with E-state index in [9.17, 15) is 9.59 Å². The van der Waals surface area contributed by atoms with Crippen LogP contribution in [0.5, 0.6) is 0 Å². The predicted octanol–water partition coefficient (Wildman–Crippen LogP) is 0.994. The summed E-state index contributed by atoms with van der Waals surface area (Å²) >= 11 is 0. The average Bonchev–Trinajstić information content (AvgIpc) is 3.17. The van der Waals surface area contributed by atoms with Gasteiger partial charge < -0.3 is 14.8 Å². The van der Waals surface area contributed by atoms with Gasteiger partial charge in [-0.15, -0.1) is 9.50 Å². The number of alkyl carbamates (subject to hydrolysis) is 1. The van der Waals surface area contributed by atoms with Crippen LogP contribution in [0.15, 0.2) is 24.8 Å². The summed E-state index contributed by atoms with van der Waals surface area (Å²) < 4.78 is 13.7. The number of rotatable bonds is 4. The minimum absolute atomic E-state index is 0.0765. The number of aromatic amines is 1. The monoisotopic (exact) mass is 399 g/mol. The fourth-order valence-corrected chi connectivity index (χ4v) is 2.56. The molecule has 3 aromatic rings. The van der Waals surface area contributed by atoms with Crippen molar-refractivity contribution in [1.29, 1.82) is 0 Å². The van der Waals surface area contributed by atoms with Crippen LogP contribution in [0.25, 0.3) is 11.3 Å². The highest BCUT2D eigenvalue weighted by Crippen LogP contribution is 2.08. The first-order valence-electron chi connectivity index (χ1n) is 9.14. The third kappa shape index (κ3) is 5.01. The smallest absolute Gasteiger partial charge is 0.408 e. The summed E-state index contributed by atoms with van der Waals surface area (Å²) in [5, 5.41) is 5.59. The molecule has 0 aliphatic rings. The van der Waals surface area contributed by atoms with Gasteiger partial charge in [0.15, 0.2) is 0 Å². The van der Waals surface area contributed by atoms with Crippen LogP contribution in [0, 0.1) is 11.8 Å². The number of amides is 1. The summed E-state index contributed by atoms with van der Waals surface area (Å²) in [6.45, 7) is 7.13. The number of fused-ring (bicyclic) bond motifs is 3. The number of nitrogens with zero attached hydrogens (tertiary/aromatic N) is 4. The lowest BCUT2D eigenvalue weighted by Gasteiger charge is -2.22. The Bertz CT molecular complexity index is 1100. The Hall–Kier alpha value is -3.61. The Morgan fingerprint density at radius 1 is 1.34 bits per heavy atom. The Balaban J connectivity index is 1.73. The van der Waals surface area contributed by atoms with Crippen molar-refractivity contribution in [3.8, 4) is 11.8 Å². The number of nitrogens with one attached hydrogen (secondary N) is 2. The van der Waals surface area contributed by atoms with Gasteiger partial charge in [0.1, 0.15) is 24.0 Å². The van der Waals surface area contributed by atoms with E-state index in [0.717, 1.165) is 0 Å². The first-order chi connectivity index (χ1) is 13.8. The fraction of sp³-hybridized carbons (Fsp3) is 0.421. The van der Waals surface area contributed by atoms with E-state index in [1.165, 1.54) is 0 Å². The van der Waals surface area contributed by atoms with Gasteiger partial charge >= 0.3 is 17.7 Å². The molecule has 1 amide bonds. The van der Waals surface area contributed by atoms with Crippen molar-refractivity contribution >= 4 is 23.4 Å². The lowest BCUT2D eigenvalue weighted by Crippen LogP contribution is -2.44. The molecule has 0 aliphatic heterocycles. The minimum Gasteiger partial charge on any atom is -0.464 e. The quantitative estimate of drug-likeness (QED) is 0.384. The summed E-state index contributed by atoms with van der Waals surface area (Å²) in [7, 11) is 0. The third-order valence-electron chi connectivity index (χ3n) is 3.67. The van der Waals surface area contributed by atoms with Gasteiger partial charge in [-0.05, 0) is 27.7 Å². The molecule has 0 bridgehead atoms. The summed E-state index contributed by atoms with van der Waals surface area (Å²) in [6, 6.07) is -0.927. The number of carbonyl (C=O) groups is 2. The maximum absolute atomic E-state index is 12.1. The van der Waals surface area contributed by atoms with Crippen LogP contribution >= 0.6 is 0 Å². The van der Waals surface area contributed by atoms with Crippen molar-refractivity contribution < 1.29 is 23.6 Å². The van der Waals surface area contributed by atoms with Crippen LogP contribution in [-0.2, 0) is 14.3 Å². The summed E-state index contributed by atoms with van der Waals surface area (Å²) in [5.41, 5.74) is 1.34. The molecule has 10 heteroatoms. The largest absolute Gasteiger partial charge is 0.464 e. The maximum atomic E-state index is 12.1. The van der Waals surface area contributed by atoms with Crippen LogP contribution in [0.3, 0.4) is 0 Å². The van der Waals surface area contributed by atoms with Crippen LogP contribution in [0.1, 0.15) is 39.7 Å². The number of esters is 1. The SMILES string of the molecule is CCOC(=O)C(CC#Cc1cn2[nH]c3nccnc3[n+]2c1)NC(=O)OC(C)(C)C. The second-order valence-corrected chi connectivity index (χ2v) is 7.20. The van der Waals surface area contributed by atoms with Crippen molar-refractivity contribution in [3.05, 3.63) is 30.4 Å². The molecule has 0 aromatic carbocycles. The van der Waals surface area contributed by atoms with Gasteiger partial charge in [-0.1, -0.05) is 16.5 Å². The van der Waals surface area contributed by atoms with Crippen LogP contribution in [-0.4, -0.2) is 50.0 Å². The highest BCUT2D eigenvalue weighted by molar-refractivity contribution is 5.81. The van der Waals surface area contributed by atoms with E-state index in [4.69, 9.17) is 9.47 Å². The summed E-state index contributed by atoms with van der Waals surface area (Å²) in [6.07, 6.45) is 6.15. The van der Waals surface area contributed by atoms with Crippen molar-refractivity contribution in [1.82, 2.24) is 25.0 Å². The van der Waals surface area contributed by atoms with Gasteiger partial charge in [-0.25, -0.2) is 14.6 Å². The van der Waals surface area contributed by atoms with Crippen molar-refractivity contribution in [2.75, 3.05) is 6.61 Å². The first-order valence-corrected chi connectivity index (χ1v) is 9.14. The van der Waals surface area contributed by atoms with Gasteiger partial charge in [0.2, 0.25) is 0 Å². The summed E-state index contributed by atoms with van der Waals surface area (Å²) in [5.74, 6) is 5.32. The molecule has 0 saturated heterocycles. The van der Waals surface area contributed by atoms with Gasteiger partial charge in [-0.3, -0.25) is 0 Å². The second kappa shape index (κ2) is 8.18. The molecule has 2 N–H and O–H groups in total. The zero-order chi connectivity index (χ0) is 21.0. The van der Waals surface area contributed by atoms with Crippen molar-refractivity contribution in [2.24, 2.45) is 0 Å². The van der Waals surface area contributed by atoms with E-state index in [2.05, 4.69) is 32.2 Å².